The normalized spacial score (nSPS) is 11.4. The first-order valence-corrected chi connectivity index (χ1v) is 8.18. The third-order valence-electron chi connectivity index (χ3n) is 3.84. The highest BCUT2D eigenvalue weighted by atomic mass is 16.3. The topological polar surface area (TPSA) is 92.5 Å². The van der Waals surface area contributed by atoms with Gasteiger partial charge in [-0.15, -0.1) is 0 Å². The zero-order valence-corrected chi connectivity index (χ0v) is 13.4. The number of fused-ring (bicyclic) bond motifs is 1. The Morgan fingerprint density at radius 1 is 1.17 bits per heavy atom. The largest absolute Gasteiger partial charge is 0.396 e. The highest BCUT2D eigenvalue weighted by Crippen LogP contribution is 2.25. The van der Waals surface area contributed by atoms with Crippen molar-refractivity contribution in [2.24, 2.45) is 0 Å². The van der Waals surface area contributed by atoms with E-state index >= 15 is 0 Å². The Kier molecular flexibility index (Phi) is 4.97. The number of unbranched alkanes of at least 4 members (excludes halogenated alkanes) is 2. The Balaban J connectivity index is 1.96. The van der Waals surface area contributed by atoms with Gasteiger partial charge in [-0.2, -0.15) is 20.5 Å². The number of para-hydroxylation sites is 1. The lowest BCUT2D eigenvalue weighted by atomic mass is 10.1. The van der Waals surface area contributed by atoms with Crippen LogP contribution >= 0.6 is 0 Å². The third-order valence-corrected chi connectivity index (χ3v) is 3.84. The summed E-state index contributed by atoms with van der Waals surface area (Å²) in [5.41, 5.74) is 2.53. The van der Waals surface area contributed by atoms with Crippen LogP contribution in [0.25, 0.3) is 22.4 Å². The summed E-state index contributed by atoms with van der Waals surface area (Å²) in [5, 5.41) is 24.8. The van der Waals surface area contributed by atoms with Gasteiger partial charge in [0, 0.05) is 25.1 Å². The minimum atomic E-state index is 0.138. The highest BCUT2D eigenvalue weighted by Gasteiger charge is 2.16. The SMILES string of the molecule is CCCCCc1nc(-c2cccc3n[nH]nc23)n(CCCO)n1. The molecule has 0 atom stereocenters. The van der Waals surface area contributed by atoms with Gasteiger partial charge in [-0.25, -0.2) is 9.67 Å². The molecule has 1 aromatic carbocycles. The van der Waals surface area contributed by atoms with E-state index in [-0.39, 0.29) is 6.61 Å². The maximum absolute atomic E-state index is 9.12. The Morgan fingerprint density at radius 2 is 2.09 bits per heavy atom. The van der Waals surface area contributed by atoms with Crippen LogP contribution in [0, 0.1) is 0 Å². The molecule has 0 bridgehead atoms. The number of H-pyrrole nitrogens is 1. The summed E-state index contributed by atoms with van der Waals surface area (Å²) >= 11 is 0. The summed E-state index contributed by atoms with van der Waals surface area (Å²) < 4.78 is 1.88. The maximum atomic E-state index is 9.12. The predicted molar refractivity (Wildman–Crippen MR) is 87.8 cm³/mol. The molecule has 0 aliphatic carbocycles. The fourth-order valence-electron chi connectivity index (χ4n) is 2.65. The number of aliphatic hydroxyl groups excluding tert-OH is 1. The molecule has 0 amide bonds. The highest BCUT2D eigenvalue weighted by molar-refractivity contribution is 5.89. The molecule has 7 heteroatoms. The van der Waals surface area contributed by atoms with Crippen LogP contribution < -0.4 is 0 Å². The molecule has 0 saturated heterocycles. The van der Waals surface area contributed by atoms with Gasteiger partial charge in [0.1, 0.15) is 11.0 Å². The summed E-state index contributed by atoms with van der Waals surface area (Å²) in [4.78, 5) is 4.72. The summed E-state index contributed by atoms with van der Waals surface area (Å²) in [7, 11) is 0. The first-order valence-electron chi connectivity index (χ1n) is 8.18. The Morgan fingerprint density at radius 3 is 2.91 bits per heavy atom. The van der Waals surface area contributed by atoms with Gasteiger partial charge in [0.2, 0.25) is 0 Å². The monoisotopic (exact) mass is 314 g/mol. The number of nitrogens with zero attached hydrogens (tertiary/aromatic N) is 5. The van der Waals surface area contributed by atoms with Gasteiger partial charge in [-0.3, -0.25) is 0 Å². The lowest BCUT2D eigenvalue weighted by molar-refractivity contribution is 0.277. The lowest BCUT2D eigenvalue weighted by Gasteiger charge is -2.04. The fraction of sp³-hybridized carbons (Fsp3) is 0.500. The first-order chi connectivity index (χ1) is 11.3. The minimum Gasteiger partial charge on any atom is -0.396 e. The second-order valence-corrected chi connectivity index (χ2v) is 5.61. The molecule has 122 valence electrons. The van der Waals surface area contributed by atoms with E-state index in [1.165, 1.54) is 12.8 Å². The molecule has 3 aromatic rings. The molecule has 0 fully saturated rings. The van der Waals surface area contributed by atoms with Gasteiger partial charge in [0.15, 0.2) is 11.6 Å². The molecule has 0 radical (unpaired) electrons. The maximum Gasteiger partial charge on any atom is 0.160 e. The van der Waals surface area contributed by atoms with E-state index in [1.54, 1.807) is 0 Å². The standard InChI is InChI=1S/C16H22N6O/c1-2-3-4-9-14-17-16(22(20-14)10-6-11-23)12-7-5-8-13-15(12)19-21-18-13/h5,7-8,23H,2-4,6,9-11H2,1H3,(H,18,19,21). The molecule has 2 aromatic heterocycles. The molecule has 0 saturated carbocycles. The Labute approximate surface area is 134 Å². The van der Waals surface area contributed by atoms with Crippen molar-refractivity contribution in [1.29, 1.82) is 0 Å². The zero-order valence-electron chi connectivity index (χ0n) is 13.4. The Hall–Kier alpha value is -2.28. The van der Waals surface area contributed by atoms with Gasteiger partial charge in [0.05, 0.1) is 0 Å². The number of nitrogens with one attached hydrogen (secondary N) is 1. The number of aromatic nitrogens is 6. The molecule has 7 nitrogen and oxygen atoms in total. The van der Waals surface area contributed by atoms with Gasteiger partial charge >= 0.3 is 0 Å². The first kappa shape index (κ1) is 15.6. The summed E-state index contributed by atoms with van der Waals surface area (Å²) in [6.07, 6.45) is 4.98. The van der Waals surface area contributed by atoms with E-state index in [4.69, 9.17) is 10.1 Å². The van der Waals surface area contributed by atoms with Crippen LogP contribution in [0.15, 0.2) is 18.2 Å². The summed E-state index contributed by atoms with van der Waals surface area (Å²) in [5.74, 6) is 1.65. The van der Waals surface area contributed by atoms with Gasteiger partial charge in [-0.05, 0) is 25.0 Å². The smallest absolute Gasteiger partial charge is 0.160 e. The van der Waals surface area contributed by atoms with Crippen molar-refractivity contribution >= 4 is 11.0 Å². The molecule has 0 aliphatic heterocycles. The third kappa shape index (κ3) is 3.39. The van der Waals surface area contributed by atoms with Crippen LogP contribution in [-0.2, 0) is 13.0 Å². The zero-order chi connectivity index (χ0) is 16.1. The average Bonchev–Trinajstić information content (AvgIpc) is 3.19. The molecule has 2 heterocycles. The molecule has 0 aliphatic rings. The number of aliphatic hydroxyl groups is 1. The van der Waals surface area contributed by atoms with Crippen LogP contribution in [0.1, 0.15) is 38.4 Å². The van der Waals surface area contributed by atoms with Crippen molar-refractivity contribution in [3.8, 4) is 11.4 Å². The van der Waals surface area contributed by atoms with Gasteiger partial charge < -0.3 is 5.11 Å². The lowest BCUT2D eigenvalue weighted by Crippen LogP contribution is -2.05. The van der Waals surface area contributed by atoms with E-state index in [0.29, 0.717) is 13.0 Å². The molecular formula is C16H22N6O. The number of rotatable bonds is 8. The molecule has 3 rings (SSSR count). The van der Waals surface area contributed by atoms with Crippen molar-refractivity contribution in [3.05, 3.63) is 24.0 Å². The van der Waals surface area contributed by atoms with Crippen LogP contribution in [0.3, 0.4) is 0 Å². The van der Waals surface area contributed by atoms with Gasteiger partial charge in [-0.1, -0.05) is 25.8 Å². The number of aromatic amines is 1. The summed E-state index contributed by atoms with van der Waals surface area (Å²) in [6.45, 7) is 2.96. The number of benzene rings is 1. The van der Waals surface area contributed by atoms with Crippen LogP contribution in [0.2, 0.25) is 0 Å². The van der Waals surface area contributed by atoms with Crippen LogP contribution in [0.4, 0.5) is 0 Å². The molecular weight excluding hydrogens is 292 g/mol. The molecule has 2 N–H and O–H groups in total. The molecule has 0 unspecified atom stereocenters. The second kappa shape index (κ2) is 7.32. The van der Waals surface area contributed by atoms with Crippen LogP contribution in [0.5, 0.6) is 0 Å². The Bertz CT molecular complexity index is 763. The van der Waals surface area contributed by atoms with Crippen molar-refractivity contribution < 1.29 is 5.11 Å². The van der Waals surface area contributed by atoms with Gasteiger partial charge in [0.25, 0.3) is 0 Å². The molecule has 23 heavy (non-hydrogen) atoms. The van der Waals surface area contributed by atoms with E-state index < -0.39 is 0 Å². The van der Waals surface area contributed by atoms with E-state index in [2.05, 4.69) is 27.4 Å². The van der Waals surface area contributed by atoms with Crippen molar-refractivity contribution in [2.75, 3.05) is 6.61 Å². The minimum absolute atomic E-state index is 0.138. The average molecular weight is 314 g/mol. The predicted octanol–water partition coefficient (Wildman–Crippen LogP) is 2.33. The van der Waals surface area contributed by atoms with Crippen molar-refractivity contribution in [3.63, 3.8) is 0 Å². The van der Waals surface area contributed by atoms with E-state index in [1.807, 2.05) is 22.9 Å². The van der Waals surface area contributed by atoms with Crippen molar-refractivity contribution in [2.45, 2.75) is 45.6 Å². The summed E-state index contributed by atoms with van der Waals surface area (Å²) in [6, 6.07) is 5.85. The number of aryl methyl sites for hydroxylation is 2. The van der Waals surface area contributed by atoms with Crippen LogP contribution in [-0.4, -0.2) is 41.9 Å². The second-order valence-electron chi connectivity index (χ2n) is 5.61. The molecule has 0 spiro atoms. The number of hydrogen-bond acceptors (Lipinski definition) is 5. The fourth-order valence-corrected chi connectivity index (χ4v) is 2.65. The van der Waals surface area contributed by atoms with E-state index in [0.717, 1.165) is 41.1 Å². The quantitative estimate of drug-likeness (QED) is 0.623. The van der Waals surface area contributed by atoms with E-state index in [9.17, 15) is 0 Å². The van der Waals surface area contributed by atoms with Crippen molar-refractivity contribution in [1.82, 2.24) is 30.2 Å². The number of hydrogen-bond donors (Lipinski definition) is 2.